The summed E-state index contributed by atoms with van der Waals surface area (Å²) in [7, 11) is 1.64. The summed E-state index contributed by atoms with van der Waals surface area (Å²) in [6.45, 7) is 4.95. The minimum Gasteiger partial charge on any atom is -0.315 e. The highest BCUT2D eigenvalue weighted by Crippen LogP contribution is 2.10. The lowest BCUT2D eigenvalue weighted by Gasteiger charge is -2.02. The van der Waals surface area contributed by atoms with Crippen LogP contribution in [0.25, 0.3) is 0 Å². The van der Waals surface area contributed by atoms with Crippen molar-refractivity contribution in [2.45, 2.75) is 13.5 Å². The predicted molar refractivity (Wildman–Crippen MR) is 64.2 cm³/mol. The molecule has 0 radical (unpaired) electrons. The van der Waals surface area contributed by atoms with Crippen LogP contribution in [0.5, 0.6) is 0 Å². The van der Waals surface area contributed by atoms with E-state index >= 15 is 0 Å². The number of halogens is 3. The third-order valence-corrected chi connectivity index (χ3v) is 1.76. The average molecular weight is 243 g/mol. The molecule has 0 spiro atoms. The highest BCUT2D eigenvalue weighted by molar-refractivity contribution is 5.19. The second-order valence-corrected chi connectivity index (χ2v) is 3.18. The van der Waals surface area contributed by atoms with Gasteiger partial charge in [0.25, 0.3) is 0 Å². The summed E-state index contributed by atoms with van der Waals surface area (Å²) >= 11 is 0. The fourth-order valence-corrected chi connectivity index (χ4v) is 1.06. The number of nitrogens with one attached hydrogen (secondary N) is 1. The zero-order valence-corrected chi connectivity index (χ0v) is 9.93. The molecule has 0 bridgehead atoms. The van der Waals surface area contributed by atoms with E-state index in [4.69, 9.17) is 0 Å². The van der Waals surface area contributed by atoms with Gasteiger partial charge in [-0.2, -0.15) is 0 Å². The molecule has 17 heavy (non-hydrogen) atoms. The molecule has 1 N–H and O–H groups in total. The lowest BCUT2D eigenvalue weighted by atomic mass is 10.2. The van der Waals surface area contributed by atoms with Gasteiger partial charge in [0.2, 0.25) is 0 Å². The third-order valence-electron chi connectivity index (χ3n) is 1.76. The zero-order chi connectivity index (χ0) is 13.3. The molecule has 1 nitrogen and oxygen atoms in total. The number of benzene rings is 1. The van der Waals surface area contributed by atoms with Gasteiger partial charge in [-0.05, 0) is 32.2 Å². The Balaban J connectivity index is 0.000000366. The number of hydrogen-bond acceptors (Lipinski definition) is 1. The van der Waals surface area contributed by atoms with Crippen LogP contribution in [-0.4, -0.2) is 7.05 Å². The summed E-state index contributed by atoms with van der Waals surface area (Å²) in [5.74, 6) is -1.39. The molecular weight excluding hydrogens is 227 g/mol. The number of hydrogen-bond donors (Lipinski definition) is 1. The van der Waals surface area contributed by atoms with E-state index in [1.807, 2.05) is 0 Å². The van der Waals surface area contributed by atoms with Gasteiger partial charge in [0.1, 0.15) is 17.5 Å². The van der Waals surface area contributed by atoms with E-state index in [0.29, 0.717) is 0 Å². The number of rotatable bonds is 3. The molecule has 1 rings (SSSR count). The first-order valence-corrected chi connectivity index (χ1v) is 5.07. The van der Waals surface area contributed by atoms with Crippen molar-refractivity contribution >= 4 is 0 Å². The van der Waals surface area contributed by atoms with Crippen LogP contribution in [0.2, 0.25) is 0 Å². The molecule has 94 valence electrons. The van der Waals surface area contributed by atoms with E-state index < -0.39 is 17.5 Å². The summed E-state index contributed by atoms with van der Waals surface area (Å²) in [4.78, 5) is 0. The highest BCUT2D eigenvalue weighted by atomic mass is 19.1. The van der Waals surface area contributed by atoms with Crippen molar-refractivity contribution in [3.8, 4) is 0 Å². The van der Waals surface area contributed by atoms with Crippen LogP contribution in [0.4, 0.5) is 13.2 Å². The van der Waals surface area contributed by atoms with E-state index in [0.717, 1.165) is 0 Å². The van der Waals surface area contributed by atoms with Crippen molar-refractivity contribution in [3.05, 3.63) is 60.0 Å². The number of allylic oxidation sites excluding steroid dienone is 3. The fourth-order valence-electron chi connectivity index (χ4n) is 1.06. The van der Waals surface area contributed by atoms with Crippen LogP contribution < -0.4 is 5.32 Å². The Morgan fingerprint density at radius 1 is 1.35 bits per heavy atom. The molecule has 0 atom stereocenters. The Kier molecular flexibility index (Phi) is 7.80. The molecule has 0 unspecified atom stereocenters. The summed E-state index contributed by atoms with van der Waals surface area (Å²) < 4.78 is 36.9. The Bertz CT molecular complexity index is 366. The maximum absolute atomic E-state index is 12.8. The molecule has 0 aromatic heterocycles. The van der Waals surface area contributed by atoms with Crippen molar-refractivity contribution in [2.75, 3.05) is 7.05 Å². The quantitative estimate of drug-likeness (QED) is 0.798. The second kappa shape index (κ2) is 8.58. The Labute approximate surface area is 99.7 Å². The monoisotopic (exact) mass is 243 g/mol. The molecule has 0 fully saturated rings. The smallest absolute Gasteiger partial charge is 0.130 e. The van der Waals surface area contributed by atoms with Crippen molar-refractivity contribution in [3.63, 3.8) is 0 Å². The van der Waals surface area contributed by atoms with E-state index in [-0.39, 0.29) is 12.1 Å². The standard InChI is InChI=1S/C8H9F2N.C5H7F/c1-11-5-6-7(9)3-2-4-8(6)10;1-3-4-5(2)6/h2-4,11H,5H2,1H3;3-4H,2H2,1H3/b;4-3-. The third kappa shape index (κ3) is 6.58. The van der Waals surface area contributed by atoms with Gasteiger partial charge < -0.3 is 5.32 Å². The molecular formula is C13H16F3N. The zero-order valence-electron chi connectivity index (χ0n) is 9.93. The lowest BCUT2D eigenvalue weighted by molar-refractivity contribution is 0.546. The summed E-state index contributed by atoms with van der Waals surface area (Å²) in [6, 6.07) is 3.84. The van der Waals surface area contributed by atoms with Crippen LogP contribution in [0.1, 0.15) is 12.5 Å². The minimum atomic E-state index is -0.501. The molecule has 1 aromatic carbocycles. The Hall–Kier alpha value is -1.55. The first kappa shape index (κ1) is 15.4. The molecule has 0 saturated heterocycles. The molecule has 0 aliphatic rings. The van der Waals surface area contributed by atoms with Gasteiger partial charge in [-0.1, -0.05) is 18.7 Å². The predicted octanol–water partition coefficient (Wildman–Crippen LogP) is 3.73. The molecule has 0 saturated carbocycles. The average Bonchev–Trinajstić information content (AvgIpc) is 2.24. The van der Waals surface area contributed by atoms with Gasteiger partial charge in [-0.3, -0.25) is 0 Å². The SMILES string of the molecule is C=C(F)/C=C\C.CNCc1c(F)cccc1F. The van der Waals surface area contributed by atoms with Crippen molar-refractivity contribution < 1.29 is 13.2 Å². The van der Waals surface area contributed by atoms with Crippen LogP contribution in [-0.2, 0) is 6.54 Å². The molecule has 0 heterocycles. The van der Waals surface area contributed by atoms with Crippen LogP contribution >= 0.6 is 0 Å². The van der Waals surface area contributed by atoms with E-state index in [2.05, 4.69) is 11.9 Å². The lowest BCUT2D eigenvalue weighted by Crippen LogP contribution is -2.08. The minimum absolute atomic E-state index is 0.0926. The Morgan fingerprint density at radius 3 is 2.18 bits per heavy atom. The first-order chi connectivity index (χ1) is 8.02. The summed E-state index contributed by atoms with van der Waals surface area (Å²) in [5, 5.41) is 2.69. The van der Waals surface area contributed by atoms with E-state index in [9.17, 15) is 13.2 Å². The van der Waals surface area contributed by atoms with Crippen molar-refractivity contribution in [1.82, 2.24) is 5.32 Å². The van der Waals surface area contributed by atoms with E-state index in [1.165, 1.54) is 24.3 Å². The van der Waals surface area contributed by atoms with Crippen LogP contribution in [0.15, 0.2) is 42.8 Å². The topological polar surface area (TPSA) is 12.0 Å². The van der Waals surface area contributed by atoms with Crippen LogP contribution in [0, 0.1) is 11.6 Å². The fraction of sp³-hybridized carbons (Fsp3) is 0.231. The Morgan fingerprint density at radius 2 is 1.88 bits per heavy atom. The van der Waals surface area contributed by atoms with Crippen molar-refractivity contribution in [2.24, 2.45) is 0 Å². The summed E-state index contributed by atoms with van der Waals surface area (Å²) in [5.41, 5.74) is 0.0926. The molecule has 4 heteroatoms. The van der Waals surface area contributed by atoms with Gasteiger partial charge in [0, 0.05) is 12.1 Å². The van der Waals surface area contributed by atoms with Crippen molar-refractivity contribution in [1.29, 1.82) is 0 Å². The normalized spacial score (nSPS) is 9.94. The van der Waals surface area contributed by atoms with Gasteiger partial charge in [0.15, 0.2) is 0 Å². The van der Waals surface area contributed by atoms with Gasteiger partial charge >= 0.3 is 0 Å². The van der Waals surface area contributed by atoms with E-state index in [1.54, 1.807) is 20.0 Å². The molecule has 1 aromatic rings. The summed E-state index contributed by atoms with van der Waals surface area (Å²) in [6.07, 6.45) is 2.91. The maximum Gasteiger partial charge on any atom is 0.130 e. The van der Waals surface area contributed by atoms with Crippen LogP contribution in [0.3, 0.4) is 0 Å². The molecule has 0 aliphatic heterocycles. The van der Waals surface area contributed by atoms with Gasteiger partial charge in [-0.25, -0.2) is 13.2 Å². The second-order valence-electron chi connectivity index (χ2n) is 3.18. The molecule has 0 amide bonds. The first-order valence-electron chi connectivity index (χ1n) is 5.07. The van der Waals surface area contributed by atoms with Gasteiger partial charge in [-0.15, -0.1) is 0 Å². The van der Waals surface area contributed by atoms with Gasteiger partial charge in [0.05, 0.1) is 0 Å². The highest BCUT2D eigenvalue weighted by Gasteiger charge is 2.05. The maximum atomic E-state index is 12.8. The largest absolute Gasteiger partial charge is 0.315 e. The molecule has 0 aliphatic carbocycles.